The Labute approximate surface area is 63.0 Å². The molecule has 0 heterocycles. The minimum absolute atomic E-state index is 0.0569. The highest BCUT2D eigenvalue weighted by atomic mass is 19.3. The van der Waals surface area contributed by atoms with Crippen LogP contribution in [-0.4, -0.2) is 12.5 Å². The zero-order chi connectivity index (χ0) is 8.32. The van der Waals surface area contributed by atoms with Crippen molar-refractivity contribution in [3.05, 3.63) is 10.4 Å². The Morgan fingerprint density at radius 2 is 2.36 bits per heavy atom. The van der Waals surface area contributed by atoms with Crippen LogP contribution in [0.4, 0.5) is 8.78 Å². The summed E-state index contributed by atoms with van der Waals surface area (Å²) in [4.78, 5) is 2.46. The second kappa shape index (κ2) is 3.05. The van der Waals surface area contributed by atoms with Gasteiger partial charge in [-0.2, -0.15) is 0 Å². The lowest BCUT2D eigenvalue weighted by molar-refractivity contribution is -0.0331. The van der Waals surface area contributed by atoms with E-state index in [0.717, 1.165) is 0 Å². The van der Waals surface area contributed by atoms with Gasteiger partial charge in [0.05, 0.1) is 0 Å². The Bertz CT molecular complexity index is 186. The summed E-state index contributed by atoms with van der Waals surface area (Å²) >= 11 is 0. The van der Waals surface area contributed by atoms with Crippen LogP contribution in [0.3, 0.4) is 0 Å². The van der Waals surface area contributed by atoms with Crippen LogP contribution >= 0.6 is 0 Å². The molecule has 0 bridgehead atoms. The molecule has 0 saturated heterocycles. The zero-order valence-corrected chi connectivity index (χ0v) is 6.00. The molecule has 0 N–H and O–H groups in total. The van der Waals surface area contributed by atoms with E-state index in [1.807, 2.05) is 0 Å². The summed E-state index contributed by atoms with van der Waals surface area (Å²) in [6.45, 7) is -0.0660. The molecule has 1 rings (SSSR count). The van der Waals surface area contributed by atoms with Crippen LogP contribution in [0.15, 0.2) is 5.11 Å². The first-order valence-electron chi connectivity index (χ1n) is 3.55. The average Bonchev–Trinajstić information content (AvgIpc) is 2.25. The number of azide groups is 1. The second-order valence-electron chi connectivity index (χ2n) is 2.76. The maximum absolute atomic E-state index is 12.7. The average molecular weight is 161 g/mol. The Kier molecular flexibility index (Phi) is 2.29. The quantitative estimate of drug-likeness (QED) is 0.339. The summed E-state index contributed by atoms with van der Waals surface area (Å²) in [7, 11) is 0. The molecule has 0 aromatic rings. The number of hydrogen-bond acceptors (Lipinski definition) is 1. The molecule has 62 valence electrons. The van der Waals surface area contributed by atoms with Crippen LogP contribution in [0, 0.1) is 5.92 Å². The molecule has 1 saturated carbocycles. The van der Waals surface area contributed by atoms with Crippen molar-refractivity contribution >= 4 is 0 Å². The van der Waals surface area contributed by atoms with Gasteiger partial charge in [-0.3, -0.25) is 0 Å². The molecule has 1 unspecified atom stereocenters. The fourth-order valence-electron chi connectivity index (χ4n) is 1.36. The van der Waals surface area contributed by atoms with E-state index in [2.05, 4.69) is 10.0 Å². The van der Waals surface area contributed by atoms with Crippen LogP contribution in [0.1, 0.15) is 19.3 Å². The van der Waals surface area contributed by atoms with E-state index < -0.39 is 11.8 Å². The third-order valence-corrected chi connectivity index (χ3v) is 2.03. The Morgan fingerprint density at radius 1 is 1.64 bits per heavy atom. The molecule has 1 fully saturated rings. The summed E-state index contributed by atoms with van der Waals surface area (Å²) in [6, 6.07) is 0. The fraction of sp³-hybridized carbons (Fsp3) is 1.00. The van der Waals surface area contributed by atoms with Crippen LogP contribution in [0.5, 0.6) is 0 Å². The lowest BCUT2D eigenvalue weighted by atomic mass is 10.1. The highest BCUT2D eigenvalue weighted by Gasteiger charge is 2.42. The highest BCUT2D eigenvalue weighted by molar-refractivity contribution is 4.85. The summed E-state index contributed by atoms with van der Waals surface area (Å²) in [5, 5.41) is 3.15. The predicted octanol–water partition coefficient (Wildman–Crippen LogP) is 2.73. The van der Waals surface area contributed by atoms with E-state index in [9.17, 15) is 8.78 Å². The standard InChI is InChI=1S/C6H9F2N3/c7-6(8)3-1-2-5(6)4-10-11-9/h5H,1-4H2. The smallest absolute Gasteiger partial charge is 0.207 e. The molecule has 1 aliphatic rings. The number of rotatable bonds is 2. The first-order chi connectivity index (χ1) is 5.17. The van der Waals surface area contributed by atoms with Gasteiger partial charge in [0.1, 0.15) is 0 Å². The molecule has 0 aromatic carbocycles. The lowest BCUT2D eigenvalue weighted by Crippen LogP contribution is -2.23. The van der Waals surface area contributed by atoms with Gasteiger partial charge in [0, 0.05) is 23.8 Å². The minimum atomic E-state index is -2.60. The molecule has 3 nitrogen and oxygen atoms in total. The van der Waals surface area contributed by atoms with Crippen molar-refractivity contribution in [2.24, 2.45) is 11.0 Å². The van der Waals surface area contributed by atoms with Crippen molar-refractivity contribution in [2.45, 2.75) is 25.2 Å². The van der Waals surface area contributed by atoms with E-state index in [-0.39, 0.29) is 13.0 Å². The monoisotopic (exact) mass is 161 g/mol. The van der Waals surface area contributed by atoms with Crippen molar-refractivity contribution in [3.8, 4) is 0 Å². The van der Waals surface area contributed by atoms with Gasteiger partial charge in [-0.15, -0.1) is 0 Å². The first-order valence-corrected chi connectivity index (χ1v) is 3.55. The van der Waals surface area contributed by atoms with Crippen molar-refractivity contribution in [1.29, 1.82) is 0 Å². The molecule has 11 heavy (non-hydrogen) atoms. The van der Waals surface area contributed by atoms with Gasteiger partial charge in [0.15, 0.2) is 0 Å². The Balaban J connectivity index is 2.50. The van der Waals surface area contributed by atoms with Crippen LogP contribution < -0.4 is 0 Å². The SMILES string of the molecule is [N-]=[N+]=NCC1CCCC1(F)F. The topological polar surface area (TPSA) is 48.8 Å². The molecule has 0 spiro atoms. The van der Waals surface area contributed by atoms with Crippen molar-refractivity contribution in [1.82, 2.24) is 0 Å². The summed E-state index contributed by atoms with van der Waals surface area (Å²) in [5.74, 6) is -3.33. The maximum Gasteiger partial charge on any atom is 0.251 e. The summed E-state index contributed by atoms with van der Waals surface area (Å²) in [6.07, 6.45) is 0.962. The lowest BCUT2D eigenvalue weighted by Gasteiger charge is -2.15. The number of nitrogens with zero attached hydrogens (tertiary/aromatic N) is 3. The molecule has 0 aromatic heterocycles. The summed E-state index contributed by atoms with van der Waals surface area (Å²) < 4.78 is 25.5. The van der Waals surface area contributed by atoms with Crippen LogP contribution in [0.25, 0.3) is 10.4 Å². The molecule has 0 aliphatic heterocycles. The molecular weight excluding hydrogens is 152 g/mol. The number of alkyl halides is 2. The Morgan fingerprint density at radius 3 is 2.82 bits per heavy atom. The van der Waals surface area contributed by atoms with Crippen molar-refractivity contribution < 1.29 is 8.78 Å². The predicted molar refractivity (Wildman–Crippen MR) is 36.3 cm³/mol. The van der Waals surface area contributed by atoms with Gasteiger partial charge >= 0.3 is 0 Å². The Hall–Kier alpha value is -0.830. The zero-order valence-electron chi connectivity index (χ0n) is 6.00. The maximum atomic E-state index is 12.7. The fourth-order valence-corrected chi connectivity index (χ4v) is 1.36. The van der Waals surface area contributed by atoms with Gasteiger partial charge < -0.3 is 0 Å². The van der Waals surface area contributed by atoms with Gasteiger partial charge in [0.25, 0.3) is 5.92 Å². The third kappa shape index (κ3) is 1.80. The van der Waals surface area contributed by atoms with E-state index in [1.165, 1.54) is 0 Å². The third-order valence-electron chi connectivity index (χ3n) is 2.03. The van der Waals surface area contributed by atoms with Gasteiger partial charge in [0.2, 0.25) is 0 Å². The minimum Gasteiger partial charge on any atom is -0.207 e. The molecular formula is C6H9F2N3. The van der Waals surface area contributed by atoms with Gasteiger partial charge in [-0.05, 0) is 18.4 Å². The van der Waals surface area contributed by atoms with E-state index >= 15 is 0 Å². The first kappa shape index (κ1) is 8.27. The largest absolute Gasteiger partial charge is 0.251 e. The summed E-state index contributed by atoms with van der Waals surface area (Å²) in [5.41, 5.74) is 7.91. The van der Waals surface area contributed by atoms with Crippen LogP contribution in [-0.2, 0) is 0 Å². The molecule has 1 atom stereocenters. The number of halogens is 2. The van der Waals surface area contributed by atoms with Crippen molar-refractivity contribution in [3.63, 3.8) is 0 Å². The second-order valence-corrected chi connectivity index (χ2v) is 2.76. The molecule has 0 amide bonds. The van der Waals surface area contributed by atoms with Gasteiger partial charge in [-0.1, -0.05) is 5.11 Å². The van der Waals surface area contributed by atoms with Crippen molar-refractivity contribution in [2.75, 3.05) is 6.54 Å². The normalized spacial score (nSPS) is 28.0. The number of hydrogen-bond donors (Lipinski definition) is 0. The van der Waals surface area contributed by atoms with E-state index in [4.69, 9.17) is 5.53 Å². The van der Waals surface area contributed by atoms with E-state index in [1.54, 1.807) is 0 Å². The molecule has 0 radical (unpaired) electrons. The van der Waals surface area contributed by atoms with E-state index in [0.29, 0.717) is 12.8 Å². The molecule has 5 heteroatoms. The molecule has 1 aliphatic carbocycles. The highest BCUT2D eigenvalue weighted by Crippen LogP contribution is 2.40. The van der Waals surface area contributed by atoms with Crippen LogP contribution in [0.2, 0.25) is 0 Å². The van der Waals surface area contributed by atoms with Gasteiger partial charge in [-0.25, -0.2) is 8.78 Å².